The van der Waals surface area contributed by atoms with Gasteiger partial charge in [-0.05, 0) is 24.5 Å². The fourth-order valence-corrected chi connectivity index (χ4v) is 3.96. The van der Waals surface area contributed by atoms with Gasteiger partial charge in [0.15, 0.2) is 17.3 Å². The highest BCUT2D eigenvalue weighted by Gasteiger charge is 2.16. The molecule has 0 bridgehead atoms. The minimum atomic E-state index is -0.394. The van der Waals surface area contributed by atoms with Gasteiger partial charge in [-0.3, -0.25) is 4.79 Å². The number of alkyl halides is 1. The first-order valence-electron chi connectivity index (χ1n) is 11.7. The quantitative estimate of drug-likeness (QED) is 0.321. The monoisotopic (exact) mass is 476 g/mol. The Kier molecular flexibility index (Phi) is 7.67. The normalized spacial score (nSPS) is 11.3. The summed E-state index contributed by atoms with van der Waals surface area (Å²) < 4.78 is 19.6. The first kappa shape index (κ1) is 24.3. The number of aromatic nitrogens is 4. The van der Waals surface area contributed by atoms with E-state index < -0.39 is 6.67 Å². The first-order chi connectivity index (χ1) is 17.0. The highest BCUT2D eigenvalue weighted by molar-refractivity contribution is 5.72. The number of halogens is 1. The van der Waals surface area contributed by atoms with Gasteiger partial charge in [-0.2, -0.15) is 0 Å². The van der Waals surface area contributed by atoms with E-state index in [4.69, 9.17) is 10.3 Å². The van der Waals surface area contributed by atoms with E-state index in [0.29, 0.717) is 35.9 Å². The third kappa shape index (κ3) is 5.46. The van der Waals surface area contributed by atoms with Crippen LogP contribution in [-0.2, 0) is 6.54 Å². The second-order valence-electron chi connectivity index (χ2n) is 8.26. The fourth-order valence-electron chi connectivity index (χ4n) is 3.96. The molecular formula is C26H29FN6O2. The number of benzene rings is 1. The maximum Gasteiger partial charge on any atom is 0.250 e. The van der Waals surface area contributed by atoms with Crippen molar-refractivity contribution in [2.75, 3.05) is 19.0 Å². The van der Waals surface area contributed by atoms with Crippen molar-refractivity contribution in [1.29, 1.82) is 0 Å². The molecule has 8 nitrogen and oxygen atoms in total. The zero-order chi connectivity index (χ0) is 24.8. The second-order valence-corrected chi connectivity index (χ2v) is 8.26. The summed E-state index contributed by atoms with van der Waals surface area (Å²) in [4.78, 5) is 21.4. The molecule has 0 aliphatic carbocycles. The molecule has 182 valence electrons. The van der Waals surface area contributed by atoms with Gasteiger partial charge in [0.1, 0.15) is 12.4 Å². The summed E-state index contributed by atoms with van der Waals surface area (Å²) in [6.07, 6.45) is 5.12. The summed E-state index contributed by atoms with van der Waals surface area (Å²) in [5.41, 5.74) is 10.4. The van der Waals surface area contributed by atoms with E-state index in [-0.39, 0.29) is 17.4 Å². The Balaban J connectivity index is 1.61. The maximum absolute atomic E-state index is 12.4. The molecule has 0 fully saturated rings. The van der Waals surface area contributed by atoms with Gasteiger partial charge in [0, 0.05) is 48.6 Å². The Bertz CT molecular complexity index is 1330. The Hall–Kier alpha value is -3.85. The molecule has 0 spiro atoms. The molecule has 4 rings (SSSR count). The zero-order valence-corrected chi connectivity index (χ0v) is 19.9. The molecule has 0 amide bonds. The highest BCUT2D eigenvalue weighted by Crippen LogP contribution is 2.30. The Morgan fingerprint density at radius 3 is 2.54 bits per heavy atom. The third-order valence-corrected chi connectivity index (χ3v) is 5.96. The molecule has 1 aromatic carbocycles. The number of nitrogen functional groups attached to an aromatic ring is 1. The summed E-state index contributed by atoms with van der Waals surface area (Å²) in [6, 6.07) is 12.9. The number of nitrogens with one attached hydrogen (secondary N) is 1. The number of hydrogen-bond donors (Lipinski definition) is 2. The van der Waals surface area contributed by atoms with Crippen molar-refractivity contribution >= 4 is 5.82 Å². The molecule has 3 heterocycles. The van der Waals surface area contributed by atoms with Gasteiger partial charge in [-0.1, -0.05) is 43.3 Å². The number of rotatable bonds is 10. The Labute approximate surface area is 203 Å². The van der Waals surface area contributed by atoms with Crippen LogP contribution in [0.4, 0.5) is 10.2 Å². The second kappa shape index (κ2) is 11.1. The number of pyridine rings is 1. The molecule has 0 aliphatic heterocycles. The summed E-state index contributed by atoms with van der Waals surface area (Å²) in [5, 5.41) is 7.20. The maximum atomic E-state index is 12.4. The van der Waals surface area contributed by atoms with Crippen LogP contribution in [0.3, 0.4) is 0 Å². The van der Waals surface area contributed by atoms with Crippen LogP contribution in [-0.4, -0.2) is 32.9 Å². The summed E-state index contributed by atoms with van der Waals surface area (Å²) in [7, 11) is 0. The van der Waals surface area contributed by atoms with Gasteiger partial charge in [0.2, 0.25) is 0 Å². The first-order valence-corrected chi connectivity index (χ1v) is 11.7. The lowest BCUT2D eigenvalue weighted by Crippen LogP contribution is -2.23. The van der Waals surface area contributed by atoms with Crippen molar-refractivity contribution in [3.63, 3.8) is 0 Å². The molecule has 9 heteroatoms. The van der Waals surface area contributed by atoms with Crippen LogP contribution in [0.1, 0.15) is 38.3 Å². The molecule has 0 atom stereocenters. The van der Waals surface area contributed by atoms with Crippen LogP contribution in [0.5, 0.6) is 0 Å². The van der Waals surface area contributed by atoms with Gasteiger partial charge in [-0.15, -0.1) is 0 Å². The van der Waals surface area contributed by atoms with Gasteiger partial charge in [0.05, 0.1) is 11.9 Å². The van der Waals surface area contributed by atoms with E-state index in [2.05, 4.69) is 34.3 Å². The fraction of sp³-hybridized carbons (Fsp3) is 0.308. The molecule has 4 aromatic rings. The molecular weight excluding hydrogens is 447 g/mol. The number of hydrogen-bond acceptors (Lipinski definition) is 7. The average Bonchev–Trinajstić information content (AvgIpc) is 3.37. The zero-order valence-electron chi connectivity index (χ0n) is 19.9. The van der Waals surface area contributed by atoms with E-state index >= 15 is 0 Å². The largest absolute Gasteiger partial charge is 0.382 e. The van der Waals surface area contributed by atoms with Gasteiger partial charge in [-0.25, -0.2) is 14.4 Å². The van der Waals surface area contributed by atoms with Crippen LogP contribution >= 0.6 is 0 Å². The number of nitrogens with two attached hydrogens (primary N) is 1. The molecule has 3 N–H and O–H groups in total. The molecule has 0 unspecified atom stereocenters. The third-order valence-electron chi connectivity index (χ3n) is 5.96. The minimum absolute atomic E-state index is 0.0461. The van der Waals surface area contributed by atoms with Crippen molar-refractivity contribution in [1.82, 2.24) is 25.0 Å². The van der Waals surface area contributed by atoms with Crippen LogP contribution in [0, 0.1) is 0 Å². The lowest BCUT2D eigenvalue weighted by Gasteiger charge is -2.17. The topological polar surface area (TPSA) is 112 Å². The molecule has 0 aliphatic rings. The van der Waals surface area contributed by atoms with Crippen LogP contribution in [0.15, 0.2) is 64.2 Å². The van der Waals surface area contributed by atoms with E-state index in [1.807, 2.05) is 30.5 Å². The van der Waals surface area contributed by atoms with Crippen LogP contribution < -0.4 is 16.6 Å². The van der Waals surface area contributed by atoms with Gasteiger partial charge < -0.3 is 20.1 Å². The summed E-state index contributed by atoms with van der Waals surface area (Å²) >= 11 is 0. The van der Waals surface area contributed by atoms with E-state index in [1.165, 1.54) is 0 Å². The van der Waals surface area contributed by atoms with Gasteiger partial charge in [0.25, 0.3) is 5.56 Å². The Morgan fingerprint density at radius 1 is 1.09 bits per heavy atom. The standard InChI is InChI=1S/C26H29FN6O2/c1-3-20(4-2)33-16-19(9-10-24(33)34)22-15-30-26(28)25(31-22)23-13-21(32-35-23)18-7-5-17(6-8-18)14-29-12-11-27/h5-10,13,15-16,20,29H,3-4,11-12,14H2,1-2H3,(H2,28,30). The van der Waals surface area contributed by atoms with E-state index in [9.17, 15) is 9.18 Å². The molecule has 35 heavy (non-hydrogen) atoms. The van der Waals surface area contributed by atoms with E-state index in [0.717, 1.165) is 29.5 Å². The molecule has 3 aromatic heterocycles. The average molecular weight is 477 g/mol. The predicted octanol–water partition coefficient (Wildman–Crippen LogP) is 4.63. The van der Waals surface area contributed by atoms with Gasteiger partial charge >= 0.3 is 0 Å². The number of anilines is 1. The van der Waals surface area contributed by atoms with Crippen LogP contribution in [0.2, 0.25) is 0 Å². The van der Waals surface area contributed by atoms with Crippen molar-refractivity contribution in [2.45, 2.75) is 39.3 Å². The predicted molar refractivity (Wildman–Crippen MR) is 134 cm³/mol. The SMILES string of the molecule is CCC(CC)n1cc(-c2cnc(N)c(-c3cc(-c4ccc(CNCCF)cc4)no3)n2)ccc1=O. The molecule has 0 saturated heterocycles. The smallest absolute Gasteiger partial charge is 0.250 e. The minimum Gasteiger partial charge on any atom is -0.382 e. The Morgan fingerprint density at radius 2 is 1.83 bits per heavy atom. The summed E-state index contributed by atoms with van der Waals surface area (Å²) in [6.45, 7) is 4.65. The van der Waals surface area contributed by atoms with E-state index in [1.54, 1.807) is 29.0 Å². The highest BCUT2D eigenvalue weighted by atomic mass is 19.1. The van der Waals surface area contributed by atoms with Crippen molar-refractivity contribution < 1.29 is 8.91 Å². The van der Waals surface area contributed by atoms with Crippen LogP contribution in [0.25, 0.3) is 34.0 Å². The molecule has 0 radical (unpaired) electrons. The molecule has 0 saturated carbocycles. The summed E-state index contributed by atoms with van der Waals surface area (Å²) in [5.74, 6) is 0.618. The van der Waals surface area contributed by atoms with Crippen molar-refractivity contribution in [2.24, 2.45) is 0 Å². The van der Waals surface area contributed by atoms with Crippen molar-refractivity contribution in [3.8, 4) is 34.0 Å². The lowest BCUT2D eigenvalue weighted by atomic mass is 10.1. The lowest BCUT2D eigenvalue weighted by molar-refractivity contribution is 0.434. The van der Waals surface area contributed by atoms with Crippen molar-refractivity contribution in [3.05, 3.63) is 70.8 Å². The number of nitrogens with zero attached hydrogens (tertiary/aromatic N) is 4.